The van der Waals surface area contributed by atoms with Crippen molar-refractivity contribution >= 4 is 28.5 Å². The normalized spacial score (nSPS) is 9.00. The van der Waals surface area contributed by atoms with Crippen LogP contribution < -0.4 is 23.5 Å². The Morgan fingerprint density at radius 2 is 1.92 bits per heavy atom. The van der Waals surface area contributed by atoms with Gasteiger partial charge in [-0.05, 0) is 29.5 Å². The monoisotopic (exact) mass is 236 g/mol. The van der Waals surface area contributed by atoms with Gasteiger partial charge in [0.1, 0.15) is 0 Å². The largest absolute Gasteiger partial charge is 1.00 e. The molecule has 0 saturated carbocycles. The van der Waals surface area contributed by atoms with Crippen LogP contribution in [0.5, 0.6) is 0 Å². The molecule has 1 rings (SSSR count). The van der Waals surface area contributed by atoms with E-state index in [-0.39, 0.29) is 12.4 Å². The van der Waals surface area contributed by atoms with Crippen LogP contribution in [-0.2, 0) is 5.75 Å². The van der Waals surface area contributed by atoms with Crippen molar-refractivity contribution in [1.29, 1.82) is 0 Å². The van der Waals surface area contributed by atoms with E-state index in [2.05, 4.69) is 0 Å². The molecule has 0 aliphatic carbocycles. The fourth-order valence-electron chi connectivity index (χ4n) is 0.747. The maximum atomic E-state index is 5.71. The van der Waals surface area contributed by atoms with Crippen LogP contribution in [0.25, 0.3) is 0 Å². The summed E-state index contributed by atoms with van der Waals surface area (Å²) in [6.07, 6.45) is 0. The van der Waals surface area contributed by atoms with E-state index in [1.807, 2.05) is 24.3 Å². The lowest BCUT2D eigenvalue weighted by molar-refractivity contribution is -0.110. The van der Waals surface area contributed by atoms with Crippen LogP contribution in [0, 0.1) is 0 Å². The van der Waals surface area contributed by atoms with Crippen LogP contribution in [-0.4, -0.2) is 5.17 Å². The van der Waals surface area contributed by atoms with Gasteiger partial charge in [0.15, 0.2) is 0 Å². The molecule has 0 fully saturated rings. The average molecular weight is 237 g/mol. The standard InChI is InChI=1S/C8H9ClN2S.ClH/c9-7-3-1-6(2-4-7)5-12-8(10)11;/h1-4H,5H2,(H3,10,11);1H. The molecule has 0 aliphatic heterocycles. The predicted octanol–water partition coefficient (Wildman–Crippen LogP) is -2.35. The zero-order valence-corrected chi connectivity index (χ0v) is 9.16. The molecular formula is C8H10Cl2N2S. The molecule has 5 heteroatoms. The molecule has 72 valence electrons. The van der Waals surface area contributed by atoms with Gasteiger partial charge in [0.05, 0.1) is 0 Å². The summed E-state index contributed by atoms with van der Waals surface area (Å²) in [7, 11) is 0. The van der Waals surface area contributed by atoms with Crippen molar-refractivity contribution in [3.8, 4) is 0 Å². The van der Waals surface area contributed by atoms with Crippen LogP contribution >= 0.6 is 23.4 Å². The summed E-state index contributed by atoms with van der Waals surface area (Å²) in [5.74, 6) is 0.791. The van der Waals surface area contributed by atoms with E-state index < -0.39 is 0 Å². The average Bonchev–Trinajstić information content (AvgIpc) is 2.03. The van der Waals surface area contributed by atoms with Crippen LogP contribution in [0.3, 0.4) is 0 Å². The zero-order chi connectivity index (χ0) is 8.97. The van der Waals surface area contributed by atoms with E-state index in [1.165, 1.54) is 11.8 Å². The molecule has 4 N–H and O–H groups in total. The number of nitrogens with two attached hydrogens (primary N) is 2. The topological polar surface area (TPSA) is 51.6 Å². The molecule has 0 aliphatic rings. The Morgan fingerprint density at radius 3 is 2.38 bits per heavy atom. The van der Waals surface area contributed by atoms with Crippen molar-refractivity contribution in [2.24, 2.45) is 5.73 Å². The van der Waals surface area contributed by atoms with Crippen molar-refractivity contribution in [2.45, 2.75) is 5.75 Å². The Hall–Kier alpha value is -0.380. The van der Waals surface area contributed by atoms with Crippen molar-refractivity contribution < 1.29 is 17.8 Å². The van der Waals surface area contributed by atoms with Crippen molar-refractivity contribution in [3.63, 3.8) is 0 Å². The number of halogens is 2. The van der Waals surface area contributed by atoms with E-state index in [4.69, 9.17) is 22.7 Å². The Bertz CT molecular complexity index is 274. The molecule has 0 heterocycles. The number of amidine groups is 1. The van der Waals surface area contributed by atoms with E-state index in [0.717, 1.165) is 16.3 Å². The van der Waals surface area contributed by atoms with Gasteiger partial charge in [0.2, 0.25) is 0 Å². The molecule has 1 aromatic carbocycles. The molecule has 0 unspecified atom stereocenters. The van der Waals surface area contributed by atoms with Gasteiger partial charge in [-0.3, -0.25) is 11.1 Å². The highest BCUT2D eigenvalue weighted by Crippen LogP contribution is 2.14. The minimum absolute atomic E-state index is 0. The van der Waals surface area contributed by atoms with E-state index >= 15 is 0 Å². The molecule has 0 amide bonds. The lowest BCUT2D eigenvalue weighted by Gasteiger charge is -1.96. The number of thioether (sulfide) groups is 1. The van der Waals surface area contributed by atoms with E-state index in [0.29, 0.717) is 5.17 Å². The number of hydrogen-bond donors (Lipinski definition) is 2. The second kappa shape index (κ2) is 6.13. The van der Waals surface area contributed by atoms with Crippen molar-refractivity contribution in [1.82, 2.24) is 0 Å². The Kier molecular flexibility index (Phi) is 5.95. The lowest BCUT2D eigenvalue weighted by Crippen LogP contribution is -3.00. The highest BCUT2D eigenvalue weighted by atomic mass is 35.5. The van der Waals surface area contributed by atoms with Gasteiger partial charge < -0.3 is 12.4 Å². The van der Waals surface area contributed by atoms with Gasteiger partial charge in [-0.1, -0.05) is 23.7 Å². The van der Waals surface area contributed by atoms with Crippen LogP contribution in [0.15, 0.2) is 24.3 Å². The third-order valence-corrected chi connectivity index (χ3v) is 2.38. The van der Waals surface area contributed by atoms with Gasteiger partial charge in [0.25, 0.3) is 5.17 Å². The molecule has 0 atom stereocenters. The number of hydrogen-bond acceptors (Lipinski definition) is 1. The molecule has 0 aromatic heterocycles. The number of benzene rings is 1. The third kappa shape index (κ3) is 5.03. The summed E-state index contributed by atoms with van der Waals surface area (Å²) in [4.78, 5) is 0. The molecule has 0 spiro atoms. The summed E-state index contributed by atoms with van der Waals surface area (Å²) >= 11 is 7.13. The van der Waals surface area contributed by atoms with Crippen LogP contribution in [0.2, 0.25) is 5.02 Å². The van der Waals surface area contributed by atoms with Gasteiger partial charge >= 0.3 is 0 Å². The first kappa shape index (κ1) is 12.6. The lowest BCUT2D eigenvalue weighted by atomic mass is 10.2. The Labute approximate surface area is 92.8 Å². The minimum Gasteiger partial charge on any atom is -1.00 e. The van der Waals surface area contributed by atoms with Gasteiger partial charge in [-0.2, -0.15) is 0 Å². The first-order chi connectivity index (χ1) is 5.68. The quantitative estimate of drug-likeness (QED) is 0.447. The summed E-state index contributed by atoms with van der Waals surface area (Å²) in [6.45, 7) is 0. The molecule has 0 radical (unpaired) electrons. The smallest absolute Gasteiger partial charge is 0.300 e. The Balaban J connectivity index is 0.00000144. The molecule has 0 saturated heterocycles. The van der Waals surface area contributed by atoms with E-state index in [9.17, 15) is 0 Å². The molecule has 0 bridgehead atoms. The first-order valence-electron chi connectivity index (χ1n) is 3.43. The SMILES string of the molecule is NC(=[NH2+])SCc1ccc(Cl)cc1.[Cl-]. The molecular weight excluding hydrogens is 227 g/mol. The minimum atomic E-state index is 0. The first-order valence-corrected chi connectivity index (χ1v) is 4.80. The third-order valence-electron chi connectivity index (χ3n) is 1.32. The summed E-state index contributed by atoms with van der Waals surface area (Å²) < 4.78 is 0. The van der Waals surface area contributed by atoms with Gasteiger partial charge in [0, 0.05) is 10.8 Å². The maximum absolute atomic E-state index is 5.71. The highest BCUT2D eigenvalue weighted by molar-refractivity contribution is 8.12. The number of rotatable bonds is 2. The van der Waals surface area contributed by atoms with Crippen LogP contribution in [0.4, 0.5) is 0 Å². The predicted molar refractivity (Wildman–Crippen MR) is 53.9 cm³/mol. The van der Waals surface area contributed by atoms with E-state index in [1.54, 1.807) is 0 Å². The van der Waals surface area contributed by atoms with Gasteiger partial charge in [-0.25, -0.2) is 0 Å². The second-order valence-corrected chi connectivity index (χ2v) is 3.80. The summed E-state index contributed by atoms with van der Waals surface area (Å²) in [5.41, 5.74) is 6.47. The fourth-order valence-corrected chi connectivity index (χ4v) is 1.40. The molecule has 2 nitrogen and oxygen atoms in total. The van der Waals surface area contributed by atoms with Gasteiger partial charge in [-0.15, -0.1) is 0 Å². The second-order valence-electron chi connectivity index (χ2n) is 2.32. The van der Waals surface area contributed by atoms with Crippen molar-refractivity contribution in [3.05, 3.63) is 34.9 Å². The highest BCUT2D eigenvalue weighted by Gasteiger charge is 1.98. The molecule has 1 aromatic rings. The summed E-state index contributed by atoms with van der Waals surface area (Å²) in [6, 6.07) is 7.62. The zero-order valence-electron chi connectivity index (χ0n) is 6.84. The maximum Gasteiger partial charge on any atom is 0.300 e. The summed E-state index contributed by atoms with van der Waals surface area (Å²) in [5, 5.41) is 6.44. The van der Waals surface area contributed by atoms with Crippen LogP contribution in [0.1, 0.15) is 5.56 Å². The molecule has 13 heavy (non-hydrogen) atoms. The van der Waals surface area contributed by atoms with Crippen molar-refractivity contribution in [2.75, 3.05) is 0 Å². The fraction of sp³-hybridized carbons (Fsp3) is 0.125. The Morgan fingerprint density at radius 1 is 1.38 bits per heavy atom.